The smallest absolute Gasteiger partial charge is 0.00881 e. The van der Waals surface area contributed by atoms with Crippen molar-refractivity contribution < 1.29 is 0 Å². The molecular formula is C10H10. The summed E-state index contributed by atoms with van der Waals surface area (Å²) in [6.45, 7) is 2.16. The van der Waals surface area contributed by atoms with Crippen LogP contribution in [0.3, 0.4) is 0 Å². The second-order valence-electron chi connectivity index (χ2n) is 2.75. The minimum absolute atomic E-state index is 1.12. The normalized spacial score (nSPS) is 13.7. The summed E-state index contributed by atoms with van der Waals surface area (Å²) in [4.78, 5) is 0. The number of hydrogen-bond acceptors (Lipinski definition) is 0. The lowest BCUT2D eigenvalue weighted by Crippen LogP contribution is -1.83. The Bertz CT molecular complexity index is 282. The van der Waals surface area contributed by atoms with Gasteiger partial charge >= 0.3 is 0 Å². The van der Waals surface area contributed by atoms with Gasteiger partial charge < -0.3 is 0 Å². The Labute approximate surface area is 61.2 Å². The van der Waals surface area contributed by atoms with Crippen LogP contribution in [-0.2, 0) is 6.42 Å². The van der Waals surface area contributed by atoms with E-state index in [1.165, 1.54) is 16.7 Å². The molecule has 0 fully saturated rings. The van der Waals surface area contributed by atoms with Gasteiger partial charge in [-0.15, -0.1) is 0 Å². The standard InChI is InChI=1S/C10H10/c1-8-4-2-5-9-6-3-7-10(8)9/h2-5,7H,6H2,1H3. The Morgan fingerprint density at radius 3 is 3.00 bits per heavy atom. The van der Waals surface area contributed by atoms with Gasteiger partial charge in [0.05, 0.1) is 0 Å². The number of hydrogen-bond donors (Lipinski definition) is 0. The molecule has 1 aromatic rings. The Morgan fingerprint density at radius 1 is 1.30 bits per heavy atom. The molecule has 1 aliphatic carbocycles. The van der Waals surface area contributed by atoms with Gasteiger partial charge in [0.25, 0.3) is 0 Å². The molecule has 0 heterocycles. The molecule has 0 bridgehead atoms. The first kappa shape index (κ1) is 5.72. The summed E-state index contributed by atoms with van der Waals surface area (Å²) < 4.78 is 0. The predicted octanol–water partition coefficient (Wildman–Crippen LogP) is 2.56. The van der Waals surface area contributed by atoms with Crippen molar-refractivity contribution in [3.05, 3.63) is 41.0 Å². The minimum Gasteiger partial charge on any atom is -0.0795 e. The van der Waals surface area contributed by atoms with Crippen molar-refractivity contribution in [2.24, 2.45) is 0 Å². The zero-order valence-corrected chi connectivity index (χ0v) is 6.09. The summed E-state index contributed by atoms with van der Waals surface area (Å²) >= 11 is 0. The molecule has 0 unspecified atom stereocenters. The molecule has 0 aromatic heterocycles. The van der Waals surface area contributed by atoms with E-state index in [2.05, 4.69) is 37.3 Å². The van der Waals surface area contributed by atoms with E-state index < -0.39 is 0 Å². The first-order valence-electron chi connectivity index (χ1n) is 3.63. The van der Waals surface area contributed by atoms with Crippen molar-refractivity contribution in [2.75, 3.05) is 0 Å². The van der Waals surface area contributed by atoms with Crippen molar-refractivity contribution in [3.8, 4) is 0 Å². The molecule has 1 aliphatic rings. The number of benzene rings is 1. The van der Waals surface area contributed by atoms with Gasteiger partial charge in [0.2, 0.25) is 0 Å². The van der Waals surface area contributed by atoms with E-state index >= 15 is 0 Å². The quantitative estimate of drug-likeness (QED) is 0.506. The van der Waals surface area contributed by atoms with Crippen LogP contribution in [0.15, 0.2) is 24.3 Å². The Kier molecular flexibility index (Phi) is 1.13. The monoisotopic (exact) mass is 130 g/mol. The minimum atomic E-state index is 1.12. The summed E-state index contributed by atoms with van der Waals surface area (Å²) in [6, 6.07) is 6.48. The fourth-order valence-corrected chi connectivity index (χ4v) is 1.46. The predicted molar refractivity (Wildman–Crippen MR) is 43.9 cm³/mol. The summed E-state index contributed by atoms with van der Waals surface area (Å²) in [5, 5.41) is 0. The highest BCUT2D eigenvalue weighted by Gasteiger charge is 2.04. The van der Waals surface area contributed by atoms with E-state index in [-0.39, 0.29) is 0 Å². The van der Waals surface area contributed by atoms with Crippen molar-refractivity contribution in [2.45, 2.75) is 13.3 Å². The number of rotatable bonds is 0. The molecule has 0 nitrogen and oxygen atoms in total. The highest BCUT2D eigenvalue weighted by atomic mass is 14.1. The topological polar surface area (TPSA) is 0 Å². The third-order valence-electron chi connectivity index (χ3n) is 2.04. The second kappa shape index (κ2) is 1.98. The lowest BCUT2D eigenvalue weighted by molar-refractivity contribution is 1.28. The van der Waals surface area contributed by atoms with Gasteiger partial charge in [-0.05, 0) is 30.0 Å². The SMILES string of the molecule is Cc1cccc2c1C=CC2. The highest BCUT2D eigenvalue weighted by molar-refractivity contribution is 5.62. The van der Waals surface area contributed by atoms with E-state index in [4.69, 9.17) is 0 Å². The molecule has 0 saturated carbocycles. The van der Waals surface area contributed by atoms with E-state index in [1.54, 1.807) is 0 Å². The lowest BCUT2D eigenvalue weighted by atomic mass is 10.1. The van der Waals surface area contributed by atoms with Crippen LogP contribution in [0.5, 0.6) is 0 Å². The molecular weight excluding hydrogens is 120 g/mol. The highest BCUT2D eigenvalue weighted by Crippen LogP contribution is 2.21. The van der Waals surface area contributed by atoms with Crippen LogP contribution in [0.4, 0.5) is 0 Å². The number of fused-ring (bicyclic) bond motifs is 1. The molecule has 1 aromatic carbocycles. The molecule has 0 amide bonds. The molecule has 50 valence electrons. The first-order chi connectivity index (χ1) is 4.88. The van der Waals surface area contributed by atoms with E-state index in [1.807, 2.05) is 0 Å². The zero-order valence-electron chi connectivity index (χ0n) is 6.09. The van der Waals surface area contributed by atoms with E-state index in [9.17, 15) is 0 Å². The molecule has 0 aliphatic heterocycles. The summed E-state index contributed by atoms with van der Waals surface area (Å²) in [5.41, 5.74) is 4.30. The Hall–Kier alpha value is -1.04. The molecule has 0 atom stereocenters. The summed E-state index contributed by atoms with van der Waals surface area (Å²) in [6.07, 6.45) is 5.55. The fraction of sp³-hybridized carbons (Fsp3) is 0.200. The Morgan fingerprint density at radius 2 is 2.20 bits per heavy atom. The van der Waals surface area contributed by atoms with Crippen LogP contribution in [0, 0.1) is 6.92 Å². The lowest BCUT2D eigenvalue weighted by Gasteiger charge is -2.00. The largest absolute Gasteiger partial charge is 0.0795 e. The number of aryl methyl sites for hydroxylation is 1. The molecule has 0 heteroatoms. The van der Waals surface area contributed by atoms with Crippen LogP contribution in [-0.4, -0.2) is 0 Å². The van der Waals surface area contributed by atoms with Crippen LogP contribution in [0.1, 0.15) is 16.7 Å². The maximum atomic E-state index is 2.22. The first-order valence-corrected chi connectivity index (χ1v) is 3.63. The third kappa shape index (κ3) is 0.688. The van der Waals surface area contributed by atoms with E-state index in [0.29, 0.717) is 0 Å². The van der Waals surface area contributed by atoms with Crippen molar-refractivity contribution in [1.29, 1.82) is 0 Å². The van der Waals surface area contributed by atoms with Gasteiger partial charge in [-0.2, -0.15) is 0 Å². The van der Waals surface area contributed by atoms with Gasteiger partial charge in [-0.25, -0.2) is 0 Å². The van der Waals surface area contributed by atoms with Gasteiger partial charge in [0.1, 0.15) is 0 Å². The zero-order chi connectivity index (χ0) is 6.97. The molecule has 0 radical (unpaired) electrons. The molecule has 10 heavy (non-hydrogen) atoms. The third-order valence-corrected chi connectivity index (χ3v) is 2.04. The van der Waals surface area contributed by atoms with Gasteiger partial charge in [-0.3, -0.25) is 0 Å². The fourth-order valence-electron chi connectivity index (χ4n) is 1.46. The summed E-state index contributed by atoms with van der Waals surface area (Å²) in [5.74, 6) is 0. The average Bonchev–Trinajstić information content (AvgIpc) is 2.36. The van der Waals surface area contributed by atoms with Gasteiger partial charge in [0.15, 0.2) is 0 Å². The van der Waals surface area contributed by atoms with Crippen LogP contribution in [0.2, 0.25) is 0 Å². The molecule has 2 rings (SSSR count). The van der Waals surface area contributed by atoms with Crippen LogP contribution in [0.25, 0.3) is 6.08 Å². The average molecular weight is 130 g/mol. The van der Waals surface area contributed by atoms with Crippen LogP contribution >= 0.6 is 0 Å². The van der Waals surface area contributed by atoms with Crippen molar-refractivity contribution in [3.63, 3.8) is 0 Å². The molecule has 0 spiro atoms. The maximum absolute atomic E-state index is 2.22. The van der Waals surface area contributed by atoms with Crippen LogP contribution < -0.4 is 0 Å². The maximum Gasteiger partial charge on any atom is -0.00881 e. The molecule has 0 N–H and O–H groups in total. The summed E-state index contributed by atoms with van der Waals surface area (Å²) in [7, 11) is 0. The van der Waals surface area contributed by atoms with E-state index in [0.717, 1.165) is 6.42 Å². The second-order valence-corrected chi connectivity index (χ2v) is 2.75. The number of allylic oxidation sites excluding steroid dienone is 1. The molecule has 0 saturated heterocycles. The van der Waals surface area contributed by atoms with Gasteiger partial charge in [0, 0.05) is 0 Å². The van der Waals surface area contributed by atoms with Crippen molar-refractivity contribution in [1.82, 2.24) is 0 Å². The van der Waals surface area contributed by atoms with Gasteiger partial charge in [-0.1, -0.05) is 30.4 Å². The van der Waals surface area contributed by atoms with Crippen molar-refractivity contribution >= 4 is 6.08 Å². The Balaban J connectivity index is 2.67.